The maximum absolute atomic E-state index is 13.5. The van der Waals surface area contributed by atoms with Crippen LogP contribution in [0.4, 0.5) is 4.39 Å². The summed E-state index contributed by atoms with van der Waals surface area (Å²) in [7, 11) is 1.94. The average molecular weight is 561 g/mol. The number of rotatable bonds is 7. The molecule has 0 fully saturated rings. The first kappa shape index (κ1) is 24.7. The summed E-state index contributed by atoms with van der Waals surface area (Å²) in [6.07, 6.45) is 2.71. The van der Waals surface area contributed by atoms with Gasteiger partial charge in [-0.2, -0.15) is 0 Å². The largest absolute Gasteiger partial charge is 0.361 e. The van der Waals surface area contributed by atoms with E-state index >= 15 is 0 Å². The van der Waals surface area contributed by atoms with Gasteiger partial charge < -0.3 is 20.2 Å². The van der Waals surface area contributed by atoms with Crippen molar-refractivity contribution in [3.8, 4) is 0 Å². The van der Waals surface area contributed by atoms with Gasteiger partial charge in [0, 0.05) is 30.7 Å². The number of H-pyrrole nitrogens is 1. The molecule has 3 N–H and O–H groups in total. The van der Waals surface area contributed by atoms with Crippen LogP contribution in [-0.2, 0) is 20.0 Å². The van der Waals surface area contributed by atoms with Gasteiger partial charge in [0.25, 0.3) is 0 Å². The molecule has 0 saturated heterocycles. The molecule has 0 aliphatic rings. The van der Waals surface area contributed by atoms with E-state index < -0.39 is 0 Å². The quantitative estimate of drug-likeness (QED) is 0.178. The molecule has 4 rings (SSSR count). The summed E-state index contributed by atoms with van der Waals surface area (Å²) < 4.78 is 15.4. The zero-order valence-corrected chi connectivity index (χ0v) is 21.3. The molecule has 0 amide bonds. The van der Waals surface area contributed by atoms with Crippen LogP contribution in [-0.4, -0.2) is 32.3 Å². The highest BCUT2D eigenvalue weighted by Crippen LogP contribution is 2.19. The van der Waals surface area contributed by atoms with Crippen molar-refractivity contribution in [1.82, 2.24) is 30.4 Å². The summed E-state index contributed by atoms with van der Waals surface area (Å²) in [4.78, 5) is 7.88. The smallest absolute Gasteiger partial charge is 0.192 e. The Labute approximate surface area is 209 Å². The summed E-state index contributed by atoms with van der Waals surface area (Å²) >= 11 is 0. The first-order chi connectivity index (χ1) is 15.5. The Kier molecular flexibility index (Phi) is 8.43. The van der Waals surface area contributed by atoms with Crippen molar-refractivity contribution in [3.05, 3.63) is 83.3 Å². The molecular formula is C24H29FIN7. The van der Waals surface area contributed by atoms with Crippen LogP contribution in [0.1, 0.15) is 35.7 Å². The van der Waals surface area contributed by atoms with Gasteiger partial charge >= 0.3 is 0 Å². The molecule has 174 valence electrons. The number of guanidine groups is 1. The van der Waals surface area contributed by atoms with E-state index in [1.54, 1.807) is 0 Å². The molecule has 2 aromatic heterocycles. The van der Waals surface area contributed by atoms with Crippen LogP contribution in [0.2, 0.25) is 0 Å². The van der Waals surface area contributed by atoms with Crippen molar-refractivity contribution in [2.24, 2.45) is 12.0 Å². The summed E-state index contributed by atoms with van der Waals surface area (Å²) in [5.41, 5.74) is 3.12. The van der Waals surface area contributed by atoms with E-state index in [9.17, 15) is 4.39 Å². The van der Waals surface area contributed by atoms with Crippen LogP contribution in [0.15, 0.2) is 59.7 Å². The zero-order valence-electron chi connectivity index (χ0n) is 19.0. The fourth-order valence-corrected chi connectivity index (χ4v) is 3.60. The van der Waals surface area contributed by atoms with Gasteiger partial charge in [0.2, 0.25) is 0 Å². The molecule has 0 radical (unpaired) electrons. The SMILES string of the molecule is Cc1nnc(CN=C(NCCc2c[nH]c3cc(F)ccc23)NC(C)c2ccccc2)n1C.I. The minimum atomic E-state index is -0.239. The Balaban J connectivity index is 0.00000306. The molecule has 4 aromatic rings. The minimum Gasteiger partial charge on any atom is -0.361 e. The number of fused-ring (bicyclic) bond motifs is 1. The number of benzene rings is 2. The number of aromatic amines is 1. The summed E-state index contributed by atoms with van der Waals surface area (Å²) in [5.74, 6) is 2.12. The Morgan fingerprint density at radius 1 is 1.18 bits per heavy atom. The number of hydrogen-bond acceptors (Lipinski definition) is 3. The van der Waals surface area contributed by atoms with Gasteiger partial charge in [-0.3, -0.25) is 0 Å². The van der Waals surface area contributed by atoms with Crippen molar-refractivity contribution in [3.63, 3.8) is 0 Å². The van der Waals surface area contributed by atoms with E-state index in [2.05, 4.69) is 44.9 Å². The first-order valence-corrected chi connectivity index (χ1v) is 10.7. The number of nitrogens with one attached hydrogen (secondary N) is 3. The third-order valence-electron chi connectivity index (χ3n) is 5.63. The molecule has 7 nitrogen and oxygen atoms in total. The highest BCUT2D eigenvalue weighted by Gasteiger charge is 2.10. The second-order valence-corrected chi connectivity index (χ2v) is 7.84. The topological polar surface area (TPSA) is 82.9 Å². The Morgan fingerprint density at radius 2 is 1.97 bits per heavy atom. The molecule has 33 heavy (non-hydrogen) atoms. The lowest BCUT2D eigenvalue weighted by molar-refractivity contribution is 0.629. The molecule has 1 atom stereocenters. The van der Waals surface area contributed by atoms with E-state index in [1.807, 2.05) is 49.0 Å². The Morgan fingerprint density at radius 3 is 2.70 bits per heavy atom. The van der Waals surface area contributed by atoms with Crippen molar-refractivity contribution < 1.29 is 4.39 Å². The first-order valence-electron chi connectivity index (χ1n) is 10.7. The second kappa shape index (κ2) is 11.3. The third-order valence-corrected chi connectivity index (χ3v) is 5.63. The van der Waals surface area contributed by atoms with Gasteiger partial charge in [0.15, 0.2) is 11.8 Å². The van der Waals surface area contributed by atoms with Gasteiger partial charge in [0.1, 0.15) is 18.2 Å². The Bertz CT molecular complexity index is 1220. The fourth-order valence-electron chi connectivity index (χ4n) is 3.60. The normalized spacial score (nSPS) is 12.4. The lowest BCUT2D eigenvalue weighted by Crippen LogP contribution is -2.39. The van der Waals surface area contributed by atoms with Crippen molar-refractivity contribution in [2.45, 2.75) is 32.9 Å². The van der Waals surface area contributed by atoms with E-state index in [1.165, 1.54) is 17.7 Å². The van der Waals surface area contributed by atoms with E-state index in [4.69, 9.17) is 4.99 Å². The monoisotopic (exact) mass is 561 g/mol. The molecule has 0 bridgehead atoms. The standard InChI is InChI=1S/C24H28FN7.HI/c1-16(18-7-5-4-6-8-18)29-24(28-15-23-31-30-17(2)32(23)3)26-12-11-19-14-27-22-13-20(25)9-10-21(19)22;/h4-10,13-14,16,27H,11-12,15H2,1-3H3,(H2,26,28,29);1H. The van der Waals surface area contributed by atoms with Crippen LogP contribution in [0.5, 0.6) is 0 Å². The van der Waals surface area contributed by atoms with Gasteiger partial charge in [-0.15, -0.1) is 34.2 Å². The van der Waals surface area contributed by atoms with Crippen LogP contribution in [0.3, 0.4) is 0 Å². The molecule has 0 saturated carbocycles. The number of nitrogens with zero attached hydrogens (tertiary/aromatic N) is 4. The van der Waals surface area contributed by atoms with Gasteiger partial charge in [-0.05, 0) is 49.6 Å². The molecule has 0 aliphatic heterocycles. The van der Waals surface area contributed by atoms with Gasteiger partial charge in [-0.1, -0.05) is 30.3 Å². The molecule has 9 heteroatoms. The van der Waals surface area contributed by atoms with E-state index in [-0.39, 0.29) is 35.8 Å². The van der Waals surface area contributed by atoms with Crippen LogP contribution in [0.25, 0.3) is 10.9 Å². The zero-order chi connectivity index (χ0) is 22.5. The highest BCUT2D eigenvalue weighted by molar-refractivity contribution is 14.0. The average Bonchev–Trinajstić information content (AvgIpc) is 3.35. The maximum atomic E-state index is 13.5. The number of aliphatic imine (C=N–C) groups is 1. The molecule has 1 unspecified atom stereocenters. The highest BCUT2D eigenvalue weighted by atomic mass is 127. The van der Waals surface area contributed by atoms with Crippen LogP contribution in [0, 0.1) is 12.7 Å². The fraction of sp³-hybridized carbons (Fsp3) is 0.292. The van der Waals surface area contributed by atoms with Crippen molar-refractivity contribution in [1.29, 1.82) is 0 Å². The molecule has 2 aromatic carbocycles. The van der Waals surface area contributed by atoms with Gasteiger partial charge in [0.05, 0.1) is 6.04 Å². The summed E-state index contributed by atoms with van der Waals surface area (Å²) in [6.45, 7) is 5.12. The van der Waals surface area contributed by atoms with E-state index in [0.29, 0.717) is 19.0 Å². The predicted octanol–water partition coefficient (Wildman–Crippen LogP) is 4.40. The van der Waals surface area contributed by atoms with E-state index in [0.717, 1.165) is 34.5 Å². The second-order valence-electron chi connectivity index (χ2n) is 7.84. The number of aryl methyl sites for hydroxylation is 1. The summed E-state index contributed by atoms with van der Waals surface area (Å²) in [5, 5.41) is 16.2. The van der Waals surface area contributed by atoms with Crippen molar-refractivity contribution >= 4 is 40.8 Å². The lowest BCUT2D eigenvalue weighted by Gasteiger charge is -2.19. The Hall–Kier alpha value is -2.95. The number of aromatic nitrogens is 4. The molecule has 0 spiro atoms. The van der Waals surface area contributed by atoms with Gasteiger partial charge in [-0.25, -0.2) is 9.38 Å². The molecule has 0 aliphatic carbocycles. The molecule has 2 heterocycles. The summed E-state index contributed by atoms with van der Waals surface area (Å²) in [6, 6.07) is 15.2. The third kappa shape index (κ3) is 6.10. The predicted molar refractivity (Wildman–Crippen MR) is 140 cm³/mol. The van der Waals surface area contributed by atoms with Crippen LogP contribution >= 0.6 is 24.0 Å². The van der Waals surface area contributed by atoms with Crippen molar-refractivity contribution in [2.75, 3.05) is 6.54 Å². The number of halogens is 2. The minimum absolute atomic E-state index is 0. The number of hydrogen-bond donors (Lipinski definition) is 3. The lowest BCUT2D eigenvalue weighted by atomic mass is 10.1. The molecular weight excluding hydrogens is 532 g/mol. The maximum Gasteiger partial charge on any atom is 0.192 e. The van der Waals surface area contributed by atoms with Crippen LogP contribution < -0.4 is 10.6 Å².